The zero-order valence-corrected chi connectivity index (χ0v) is 13.4. The third-order valence-electron chi connectivity index (χ3n) is 4.54. The molecule has 0 amide bonds. The van der Waals surface area contributed by atoms with Crippen LogP contribution in [0.25, 0.3) is 11.1 Å². The summed E-state index contributed by atoms with van der Waals surface area (Å²) in [6, 6.07) is 14.9. The van der Waals surface area contributed by atoms with Gasteiger partial charge in [0.1, 0.15) is 11.3 Å². The second kappa shape index (κ2) is 5.44. The van der Waals surface area contributed by atoms with Gasteiger partial charge >= 0.3 is 0 Å². The van der Waals surface area contributed by atoms with Crippen LogP contribution in [0.3, 0.4) is 0 Å². The van der Waals surface area contributed by atoms with E-state index in [1.54, 1.807) is 12.1 Å². The first-order valence-corrected chi connectivity index (χ1v) is 8.15. The lowest BCUT2D eigenvalue weighted by molar-refractivity contribution is 0.563. The van der Waals surface area contributed by atoms with E-state index in [1.165, 1.54) is 17.7 Å². The fourth-order valence-electron chi connectivity index (χ4n) is 3.24. The quantitative estimate of drug-likeness (QED) is 0.573. The minimum atomic E-state index is -0.225. The Balaban J connectivity index is 1.40. The minimum Gasteiger partial charge on any atom is -0.423 e. The van der Waals surface area contributed by atoms with Gasteiger partial charge in [-0.25, -0.2) is 4.39 Å². The fraction of sp³-hybridized carbons (Fsp3) is 0.158. The summed E-state index contributed by atoms with van der Waals surface area (Å²) >= 11 is 0. The van der Waals surface area contributed by atoms with E-state index in [1.807, 2.05) is 35.1 Å². The van der Waals surface area contributed by atoms with E-state index in [2.05, 4.69) is 15.0 Å². The number of para-hydroxylation sites is 2. The molecule has 0 N–H and O–H groups in total. The summed E-state index contributed by atoms with van der Waals surface area (Å²) in [5.74, 6) is -0.225. The Labute approximate surface area is 143 Å². The Kier molecular flexibility index (Phi) is 3.09. The van der Waals surface area contributed by atoms with Crippen LogP contribution >= 0.6 is 0 Å². The van der Waals surface area contributed by atoms with Crippen LogP contribution < -0.4 is 4.90 Å². The zero-order valence-electron chi connectivity index (χ0n) is 13.4. The van der Waals surface area contributed by atoms with Crippen molar-refractivity contribution in [2.75, 3.05) is 4.90 Å². The van der Waals surface area contributed by atoms with Gasteiger partial charge in [-0.3, -0.25) is 4.68 Å². The summed E-state index contributed by atoms with van der Waals surface area (Å²) in [5.41, 5.74) is 4.99. The van der Waals surface area contributed by atoms with E-state index in [0.29, 0.717) is 19.1 Å². The van der Waals surface area contributed by atoms with Crippen molar-refractivity contribution >= 4 is 17.1 Å². The van der Waals surface area contributed by atoms with Crippen molar-refractivity contribution in [2.45, 2.75) is 19.6 Å². The second-order valence-corrected chi connectivity index (χ2v) is 6.22. The van der Waals surface area contributed by atoms with Gasteiger partial charge in [-0.2, -0.15) is 10.1 Å². The van der Waals surface area contributed by atoms with Crippen molar-refractivity contribution in [3.63, 3.8) is 0 Å². The van der Waals surface area contributed by atoms with E-state index in [9.17, 15) is 4.39 Å². The van der Waals surface area contributed by atoms with Gasteiger partial charge in [0.05, 0.1) is 31.5 Å². The monoisotopic (exact) mass is 334 g/mol. The van der Waals surface area contributed by atoms with Gasteiger partial charge in [0.25, 0.3) is 6.01 Å². The number of aromatic nitrogens is 3. The molecule has 0 spiro atoms. The number of halogens is 1. The number of anilines is 1. The first-order valence-electron chi connectivity index (χ1n) is 8.15. The summed E-state index contributed by atoms with van der Waals surface area (Å²) in [6.07, 6.45) is 1.89. The molecule has 0 aliphatic carbocycles. The molecule has 1 aliphatic rings. The van der Waals surface area contributed by atoms with E-state index in [4.69, 9.17) is 4.42 Å². The molecule has 4 aromatic rings. The van der Waals surface area contributed by atoms with Crippen molar-refractivity contribution in [3.05, 3.63) is 77.4 Å². The molecule has 0 unspecified atom stereocenters. The summed E-state index contributed by atoms with van der Waals surface area (Å²) in [6.45, 7) is 2.05. The maximum absolute atomic E-state index is 13.1. The molecule has 5 rings (SSSR count). The number of fused-ring (bicyclic) bond motifs is 2. The van der Waals surface area contributed by atoms with Crippen LogP contribution in [-0.2, 0) is 19.6 Å². The third-order valence-corrected chi connectivity index (χ3v) is 4.54. The average Bonchev–Trinajstić information content (AvgIpc) is 3.31. The van der Waals surface area contributed by atoms with E-state index >= 15 is 0 Å². The SMILES string of the molecule is Fc1ccc(Cn2ncc3c2CN(c2nc4ccccc4o2)C3)cc1. The normalized spacial score (nSPS) is 13.6. The van der Waals surface area contributed by atoms with Gasteiger partial charge in [-0.15, -0.1) is 0 Å². The highest BCUT2D eigenvalue weighted by atomic mass is 19.1. The Morgan fingerprint density at radius 1 is 1.04 bits per heavy atom. The smallest absolute Gasteiger partial charge is 0.299 e. The van der Waals surface area contributed by atoms with Crippen molar-refractivity contribution in [1.29, 1.82) is 0 Å². The molecule has 5 nitrogen and oxygen atoms in total. The predicted octanol–water partition coefficient (Wildman–Crippen LogP) is 3.73. The lowest BCUT2D eigenvalue weighted by Gasteiger charge is -2.13. The largest absolute Gasteiger partial charge is 0.423 e. The van der Waals surface area contributed by atoms with Crippen LogP contribution in [0, 0.1) is 5.82 Å². The van der Waals surface area contributed by atoms with Gasteiger partial charge in [-0.05, 0) is 29.8 Å². The maximum Gasteiger partial charge on any atom is 0.299 e. The Bertz CT molecular complexity index is 1020. The Morgan fingerprint density at radius 3 is 2.72 bits per heavy atom. The Morgan fingerprint density at radius 2 is 1.88 bits per heavy atom. The molecule has 0 radical (unpaired) electrons. The number of benzene rings is 2. The van der Waals surface area contributed by atoms with E-state index < -0.39 is 0 Å². The molecular weight excluding hydrogens is 319 g/mol. The predicted molar refractivity (Wildman–Crippen MR) is 91.6 cm³/mol. The summed E-state index contributed by atoms with van der Waals surface area (Å²) in [7, 11) is 0. The van der Waals surface area contributed by atoms with Crippen LogP contribution in [0.4, 0.5) is 10.4 Å². The van der Waals surface area contributed by atoms with Crippen LogP contribution in [0.2, 0.25) is 0 Å². The fourth-order valence-corrected chi connectivity index (χ4v) is 3.24. The molecule has 1 aliphatic heterocycles. The summed E-state index contributed by atoms with van der Waals surface area (Å²) < 4.78 is 20.9. The van der Waals surface area contributed by atoms with Gasteiger partial charge in [0, 0.05) is 5.56 Å². The average molecular weight is 334 g/mol. The number of rotatable bonds is 3. The lowest BCUT2D eigenvalue weighted by Crippen LogP contribution is -2.17. The van der Waals surface area contributed by atoms with Crippen molar-refractivity contribution in [3.8, 4) is 0 Å². The molecule has 25 heavy (non-hydrogen) atoms. The topological polar surface area (TPSA) is 47.1 Å². The lowest BCUT2D eigenvalue weighted by atomic mass is 10.2. The maximum atomic E-state index is 13.1. The molecule has 2 aromatic heterocycles. The van der Waals surface area contributed by atoms with Crippen molar-refractivity contribution in [1.82, 2.24) is 14.8 Å². The standard InChI is InChI=1S/C19H15FN4O/c20-15-7-5-13(6-8-15)10-24-17-12-23(11-14(17)9-21-24)19-22-16-3-1-2-4-18(16)25-19/h1-9H,10-12H2. The van der Waals surface area contributed by atoms with E-state index in [-0.39, 0.29) is 5.82 Å². The molecule has 0 saturated carbocycles. The number of hydrogen-bond acceptors (Lipinski definition) is 4. The highest BCUT2D eigenvalue weighted by Gasteiger charge is 2.27. The first kappa shape index (κ1) is 14.2. The van der Waals surface area contributed by atoms with Crippen LogP contribution in [0.15, 0.2) is 59.1 Å². The molecule has 0 saturated heterocycles. The van der Waals surface area contributed by atoms with Gasteiger partial charge < -0.3 is 9.32 Å². The molecule has 2 aromatic carbocycles. The highest BCUT2D eigenvalue weighted by Crippen LogP contribution is 2.30. The van der Waals surface area contributed by atoms with E-state index in [0.717, 1.165) is 28.9 Å². The van der Waals surface area contributed by atoms with Gasteiger partial charge in [0.15, 0.2) is 5.58 Å². The van der Waals surface area contributed by atoms with Crippen LogP contribution in [0.5, 0.6) is 0 Å². The number of oxazole rings is 1. The third kappa shape index (κ3) is 2.46. The summed E-state index contributed by atoms with van der Waals surface area (Å²) in [5, 5.41) is 4.47. The van der Waals surface area contributed by atoms with Crippen molar-refractivity contribution in [2.24, 2.45) is 0 Å². The molecule has 3 heterocycles. The van der Waals surface area contributed by atoms with Crippen molar-refractivity contribution < 1.29 is 8.81 Å². The number of nitrogens with zero attached hydrogens (tertiary/aromatic N) is 4. The van der Waals surface area contributed by atoms with Gasteiger partial charge in [-0.1, -0.05) is 24.3 Å². The molecule has 124 valence electrons. The number of hydrogen-bond donors (Lipinski definition) is 0. The van der Waals surface area contributed by atoms with Gasteiger partial charge in [0.2, 0.25) is 0 Å². The van der Waals surface area contributed by atoms with Crippen LogP contribution in [0.1, 0.15) is 16.8 Å². The second-order valence-electron chi connectivity index (χ2n) is 6.22. The summed E-state index contributed by atoms with van der Waals surface area (Å²) in [4.78, 5) is 6.67. The molecule has 0 fully saturated rings. The van der Waals surface area contributed by atoms with Crippen LogP contribution in [-0.4, -0.2) is 14.8 Å². The molecule has 6 heteroatoms. The first-order chi connectivity index (χ1) is 12.3. The zero-order chi connectivity index (χ0) is 16.8. The molecular formula is C19H15FN4O. The Hall–Kier alpha value is -3.15. The molecule has 0 bridgehead atoms. The highest BCUT2D eigenvalue weighted by molar-refractivity contribution is 5.74. The minimum absolute atomic E-state index is 0.225. The molecule has 0 atom stereocenters.